The van der Waals surface area contributed by atoms with Crippen LogP contribution in [0.15, 0.2) is 30.3 Å². The number of urea groups is 1. The standard InChI is InChI=1S/C16H24N2O2S2/c19-15(17-8-4-7-14-5-2-1-3-6-14)18-11-16(20)12-21-9-10-22-13-16/h1-3,5-6,20H,4,7-13H2,(H2,17,18,19). The summed E-state index contributed by atoms with van der Waals surface area (Å²) in [5.74, 6) is 3.51. The Kier molecular flexibility index (Phi) is 7.42. The van der Waals surface area contributed by atoms with Crippen molar-refractivity contribution in [3.63, 3.8) is 0 Å². The molecule has 0 spiro atoms. The number of carbonyl (C=O) groups excluding carboxylic acids is 1. The molecule has 122 valence electrons. The zero-order chi connectivity index (χ0) is 15.7. The number of aryl methyl sites for hydroxylation is 1. The third-order valence-corrected chi connectivity index (χ3v) is 6.19. The molecule has 0 aliphatic carbocycles. The topological polar surface area (TPSA) is 61.4 Å². The van der Waals surface area contributed by atoms with E-state index in [4.69, 9.17) is 0 Å². The number of benzene rings is 1. The quantitative estimate of drug-likeness (QED) is 0.694. The van der Waals surface area contributed by atoms with Gasteiger partial charge in [0.05, 0.1) is 5.60 Å². The summed E-state index contributed by atoms with van der Waals surface area (Å²) < 4.78 is 0. The van der Waals surface area contributed by atoms with E-state index in [1.54, 1.807) is 23.5 Å². The van der Waals surface area contributed by atoms with Gasteiger partial charge in [-0.2, -0.15) is 23.5 Å². The fraction of sp³-hybridized carbons (Fsp3) is 0.562. The first-order valence-electron chi connectivity index (χ1n) is 7.61. The highest BCUT2D eigenvalue weighted by Crippen LogP contribution is 2.24. The van der Waals surface area contributed by atoms with Crippen LogP contribution in [0.25, 0.3) is 0 Å². The average molecular weight is 341 g/mol. The molecule has 0 bridgehead atoms. The van der Waals surface area contributed by atoms with Gasteiger partial charge in [0.1, 0.15) is 0 Å². The Hall–Kier alpha value is -0.850. The van der Waals surface area contributed by atoms with Crippen LogP contribution in [0.5, 0.6) is 0 Å². The molecule has 1 saturated heterocycles. The molecule has 4 nitrogen and oxygen atoms in total. The van der Waals surface area contributed by atoms with Crippen LogP contribution in [0.3, 0.4) is 0 Å². The minimum absolute atomic E-state index is 0.194. The van der Waals surface area contributed by atoms with Gasteiger partial charge in [-0.15, -0.1) is 0 Å². The predicted octanol–water partition coefficient (Wildman–Crippen LogP) is 2.13. The maximum absolute atomic E-state index is 11.8. The van der Waals surface area contributed by atoms with Crippen molar-refractivity contribution in [2.24, 2.45) is 0 Å². The van der Waals surface area contributed by atoms with E-state index in [2.05, 4.69) is 22.8 Å². The molecule has 0 radical (unpaired) electrons. The van der Waals surface area contributed by atoms with Crippen molar-refractivity contribution in [3.05, 3.63) is 35.9 Å². The summed E-state index contributed by atoms with van der Waals surface area (Å²) in [6.45, 7) is 0.959. The van der Waals surface area contributed by atoms with Crippen molar-refractivity contribution in [2.45, 2.75) is 18.4 Å². The van der Waals surface area contributed by atoms with Crippen molar-refractivity contribution < 1.29 is 9.90 Å². The Bertz CT molecular complexity index is 449. The van der Waals surface area contributed by atoms with E-state index in [1.807, 2.05) is 18.2 Å². The molecule has 1 aliphatic rings. The first-order valence-corrected chi connectivity index (χ1v) is 9.92. The highest BCUT2D eigenvalue weighted by molar-refractivity contribution is 8.03. The summed E-state index contributed by atoms with van der Waals surface area (Å²) in [6, 6.07) is 10.1. The molecule has 1 aromatic carbocycles. The summed E-state index contributed by atoms with van der Waals surface area (Å²) in [7, 11) is 0. The van der Waals surface area contributed by atoms with Gasteiger partial charge >= 0.3 is 6.03 Å². The van der Waals surface area contributed by atoms with Gasteiger partial charge in [-0.1, -0.05) is 30.3 Å². The van der Waals surface area contributed by atoms with Gasteiger partial charge < -0.3 is 15.7 Å². The van der Waals surface area contributed by atoms with Crippen molar-refractivity contribution in [3.8, 4) is 0 Å². The molecule has 1 aliphatic heterocycles. The maximum atomic E-state index is 11.8. The largest absolute Gasteiger partial charge is 0.386 e. The number of carbonyl (C=O) groups is 1. The lowest BCUT2D eigenvalue weighted by molar-refractivity contribution is 0.0921. The van der Waals surface area contributed by atoms with Crippen LogP contribution in [0.1, 0.15) is 12.0 Å². The summed E-state index contributed by atoms with van der Waals surface area (Å²) >= 11 is 3.50. The van der Waals surface area contributed by atoms with Crippen molar-refractivity contribution in [2.75, 3.05) is 36.1 Å². The lowest BCUT2D eigenvalue weighted by Gasteiger charge is -2.25. The summed E-state index contributed by atoms with van der Waals surface area (Å²) in [5, 5.41) is 16.1. The summed E-state index contributed by atoms with van der Waals surface area (Å²) in [6.07, 6.45) is 1.87. The van der Waals surface area contributed by atoms with Crippen molar-refractivity contribution in [1.82, 2.24) is 10.6 Å². The van der Waals surface area contributed by atoms with Crippen LogP contribution >= 0.6 is 23.5 Å². The Morgan fingerprint density at radius 1 is 1.14 bits per heavy atom. The molecule has 0 aromatic heterocycles. The number of amides is 2. The van der Waals surface area contributed by atoms with E-state index in [9.17, 15) is 9.90 Å². The number of thioether (sulfide) groups is 2. The molecular weight excluding hydrogens is 316 g/mol. The molecule has 22 heavy (non-hydrogen) atoms. The third kappa shape index (κ3) is 6.50. The fourth-order valence-electron chi connectivity index (χ4n) is 2.23. The molecule has 1 heterocycles. The van der Waals surface area contributed by atoms with Gasteiger partial charge in [-0.3, -0.25) is 0 Å². The van der Waals surface area contributed by atoms with E-state index >= 15 is 0 Å². The SMILES string of the molecule is O=C(NCCCc1ccccc1)NCC1(O)CSCCSC1. The van der Waals surface area contributed by atoms with Crippen molar-refractivity contribution in [1.29, 1.82) is 0 Å². The third-order valence-electron chi connectivity index (χ3n) is 3.46. The summed E-state index contributed by atoms with van der Waals surface area (Å²) in [5.41, 5.74) is 0.499. The molecule has 3 N–H and O–H groups in total. The lowest BCUT2D eigenvalue weighted by Crippen LogP contribution is -2.49. The summed E-state index contributed by atoms with van der Waals surface area (Å²) in [4.78, 5) is 11.8. The lowest BCUT2D eigenvalue weighted by atomic mass is 10.1. The van der Waals surface area contributed by atoms with Gasteiger partial charge in [0.2, 0.25) is 0 Å². The Labute approximate surface area is 140 Å². The van der Waals surface area contributed by atoms with Crippen molar-refractivity contribution >= 4 is 29.6 Å². The average Bonchev–Trinajstić information content (AvgIpc) is 2.76. The molecule has 2 rings (SSSR count). The Balaban J connectivity index is 1.59. The minimum atomic E-state index is -0.785. The highest BCUT2D eigenvalue weighted by atomic mass is 32.2. The first-order chi connectivity index (χ1) is 10.7. The second-order valence-corrected chi connectivity index (χ2v) is 7.74. The molecule has 0 unspecified atom stereocenters. The molecule has 0 atom stereocenters. The molecular formula is C16H24N2O2S2. The van der Waals surface area contributed by atoms with Gasteiger partial charge in [-0.25, -0.2) is 4.79 Å². The zero-order valence-electron chi connectivity index (χ0n) is 12.7. The normalized spacial score (nSPS) is 17.5. The van der Waals surface area contributed by atoms with E-state index in [0.717, 1.165) is 24.3 Å². The van der Waals surface area contributed by atoms with Gasteiger partial charge in [0.15, 0.2) is 0 Å². The number of nitrogens with one attached hydrogen (secondary N) is 2. The zero-order valence-corrected chi connectivity index (χ0v) is 14.3. The minimum Gasteiger partial charge on any atom is -0.386 e. The van der Waals surface area contributed by atoms with Gasteiger partial charge in [0, 0.05) is 36.1 Å². The molecule has 1 aromatic rings. The fourth-order valence-corrected chi connectivity index (χ4v) is 4.76. The predicted molar refractivity (Wildman–Crippen MR) is 95.8 cm³/mol. The molecule has 6 heteroatoms. The smallest absolute Gasteiger partial charge is 0.314 e. The van der Waals surface area contributed by atoms with Crippen LogP contribution in [-0.4, -0.2) is 52.8 Å². The Morgan fingerprint density at radius 2 is 1.82 bits per heavy atom. The Morgan fingerprint density at radius 3 is 2.50 bits per heavy atom. The number of aliphatic hydroxyl groups is 1. The van der Waals surface area contributed by atoms with Gasteiger partial charge in [-0.05, 0) is 18.4 Å². The van der Waals surface area contributed by atoms with E-state index in [-0.39, 0.29) is 6.03 Å². The van der Waals surface area contributed by atoms with Gasteiger partial charge in [0.25, 0.3) is 0 Å². The molecule has 2 amide bonds. The molecule has 0 saturated carbocycles. The van der Waals surface area contributed by atoms with E-state index in [0.29, 0.717) is 24.6 Å². The van der Waals surface area contributed by atoms with Crippen LogP contribution in [-0.2, 0) is 6.42 Å². The first kappa shape index (κ1) is 17.5. The number of hydrogen-bond acceptors (Lipinski definition) is 4. The monoisotopic (exact) mass is 340 g/mol. The van der Waals surface area contributed by atoms with Crippen LogP contribution in [0.4, 0.5) is 4.79 Å². The second kappa shape index (κ2) is 9.33. The highest BCUT2D eigenvalue weighted by Gasteiger charge is 2.29. The maximum Gasteiger partial charge on any atom is 0.314 e. The second-order valence-electron chi connectivity index (χ2n) is 5.53. The van der Waals surface area contributed by atoms with Crippen LogP contribution < -0.4 is 10.6 Å². The van der Waals surface area contributed by atoms with Crippen LogP contribution in [0, 0.1) is 0 Å². The van der Waals surface area contributed by atoms with E-state index < -0.39 is 5.60 Å². The van der Waals surface area contributed by atoms with E-state index in [1.165, 1.54) is 5.56 Å². The van der Waals surface area contributed by atoms with Crippen LogP contribution in [0.2, 0.25) is 0 Å². The number of rotatable bonds is 6. The number of hydrogen-bond donors (Lipinski definition) is 3. The molecule has 1 fully saturated rings.